The van der Waals surface area contributed by atoms with Crippen LogP contribution < -0.4 is 5.32 Å². The summed E-state index contributed by atoms with van der Waals surface area (Å²) in [5.41, 5.74) is -0.107. The number of hydrogen-bond donors (Lipinski definition) is 2. The summed E-state index contributed by atoms with van der Waals surface area (Å²) in [5.74, 6) is 0.642. The van der Waals surface area contributed by atoms with Gasteiger partial charge in [0.15, 0.2) is 5.96 Å². The Morgan fingerprint density at radius 1 is 1.38 bits per heavy atom. The molecule has 2 N–H and O–H groups in total. The standard InChI is InChI=1S/C18H33N3O3/c1-4-24-16(23)14-8-7-11-21(12-14)17(19-3)20-13-18(2)10-6-5-9-15(18)22/h14-15,22H,4-13H2,1-3H3,(H,19,20)/t14-,15?,18?/m1/s1. The summed E-state index contributed by atoms with van der Waals surface area (Å²) >= 11 is 0. The zero-order chi connectivity index (χ0) is 17.6. The zero-order valence-electron chi connectivity index (χ0n) is 15.4. The number of aliphatic hydroxyl groups excluding tert-OH is 1. The SMILES string of the molecule is CCOC(=O)[C@@H]1CCCN(C(=NC)NCC2(C)CCCCC2O)C1. The Kier molecular flexibility index (Phi) is 6.90. The topological polar surface area (TPSA) is 74.2 Å². The molecule has 2 unspecified atom stereocenters. The van der Waals surface area contributed by atoms with Crippen molar-refractivity contribution in [3.63, 3.8) is 0 Å². The summed E-state index contributed by atoms with van der Waals surface area (Å²) in [6, 6.07) is 0. The van der Waals surface area contributed by atoms with Crippen molar-refractivity contribution in [3.8, 4) is 0 Å². The van der Waals surface area contributed by atoms with Crippen molar-refractivity contribution < 1.29 is 14.6 Å². The van der Waals surface area contributed by atoms with Crippen LogP contribution in [-0.2, 0) is 9.53 Å². The maximum absolute atomic E-state index is 12.0. The number of aliphatic hydroxyl groups is 1. The molecule has 0 aromatic rings. The Bertz CT molecular complexity index is 455. The van der Waals surface area contributed by atoms with Gasteiger partial charge in [-0.2, -0.15) is 0 Å². The van der Waals surface area contributed by atoms with Gasteiger partial charge in [0.25, 0.3) is 0 Å². The average molecular weight is 339 g/mol. The van der Waals surface area contributed by atoms with Crippen molar-refractivity contribution >= 4 is 11.9 Å². The van der Waals surface area contributed by atoms with E-state index in [4.69, 9.17) is 4.74 Å². The molecule has 0 radical (unpaired) electrons. The van der Waals surface area contributed by atoms with Gasteiger partial charge in [0.2, 0.25) is 0 Å². The first-order valence-corrected chi connectivity index (χ1v) is 9.30. The average Bonchev–Trinajstić information content (AvgIpc) is 2.59. The van der Waals surface area contributed by atoms with Crippen LogP contribution in [0.15, 0.2) is 4.99 Å². The van der Waals surface area contributed by atoms with Gasteiger partial charge in [0, 0.05) is 32.1 Å². The van der Waals surface area contributed by atoms with E-state index in [0.29, 0.717) is 19.7 Å². The molecule has 2 fully saturated rings. The number of hydrogen-bond acceptors (Lipinski definition) is 4. The molecular formula is C18H33N3O3. The monoisotopic (exact) mass is 339 g/mol. The number of likely N-dealkylation sites (tertiary alicyclic amines) is 1. The van der Waals surface area contributed by atoms with Crippen molar-refractivity contribution in [1.82, 2.24) is 10.2 Å². The van der Waals surface area contributed by atoms with Gasteiger partial charge in [-0.15, -0.1) is 0 Å². The third kappa shape index (κ3) is 4.62. The molecular weight excluding hydrogens is 306 g/mol. The highest BCUT2D eigenvalue weighted by molar-refractivity contribution is 5.81. The minimum atomic E-state index is -0.259. The van der Waals surface area contributed by atoms with E-state index in [1.807, 2.05) is 6.92 Å². The summed E-state index contributed by atoms with van der Waals surface area (Å²) < 4.78 is 5.17. The highest BCUT2D eigenvalue weighted by Crippen LogP contribution is 2.35. The largest absolute Gasteiger partial charge is 0.466 e. The lowest BCUT2D eigenvalue weighted by atomic mass is 9.73. The molecule has 138 valence electrons. The van der Waals surface area contributed by atoms with E-state index in [1.165, 1.54) is 6.42 Å². The zero-order valence-corrected chi connectivity index (χ0v) is 15.4. The Balaban J connectivity index is 1.92. The molecule has 1 heterocycles. The molecule has 1 saturated carbocycles. The van der Waals surface area contributed by atoms with E-state index in [1.54, 1.807) is 7.05 Å². The lowest BCUT2D eigenvalue weighted by molar-refractivity contribution is -0.149. The minimum Gasteiger partial charge on any atom is -0.466 e. The van der Waals surface area contributed by atoms with E-state index in [0.717, 1.165) is 44.6 Å². The number of guanidine groups is 1. The van der Waals surface area contributed by atoms with Gasteiger partial charge in [0.1, 0.15) is 0 Å². The third-order valence-corrected chi connectivity index (χ3v) is 5.48. The van der Waals surface area contributed by atoms with Crippen LogP contribution in [0.2, 0.25) is 0 Å². The van der Waals surface area contributed by atoms with Crippen molar-refractivity contribution in [2.75, 3.05) is 33.3 Å². The number of carbonyl (C=O) groups excluding carboxylic acids is 1. The number of rotatable bonds is 4. The number of nitrogens with zero attached hydrogens (tertiary/aromatic N) is 2. The Labute approximate surface area is 145 Å². The van der Waals surface area contributed by atoms with Crippen LogP contribution in [0.1, 0.15) is 52.4 Å². The number of piperidine rings is 1. The van der Waals surface area contributed by atoms with Gasteiger partial charge in [-0.3, -0.25) is 9.79 Å². The highest BCUT2D eigenvalue weighted by atomic mass is 16.5. The van der Waals surface area contributed by atoms with Gasteiger partial charge >= 0.3 is 5.97 Å². The number of carbonyl (C=O) groups is 1. The first-order chi connectivity index (χ1) is 11.5. The van der Waals surface area contributed by atoms with Gasteiger partial charge in [-0.25, -0.2) is 0 Å². The minimum absolute atomic E-state index is 0.0758. The smallest absolute Gasteiger partial charge is 0.310 e. The van der Waals surface area contributed by atoms with Gasteiger partial charge in [-0.05, 0) is 32.6 Å². The summed E-state index contributed by atoms with van der Waals surface area (Å²) in [7, 11) is 1.77. The fraction of sp³-hybridized carbons (Fsp3) is 0.889. The fourth-order valence-electron chi connectivity index (χ4n) is 3.82. The van der Waals surface area contributed by atoms with Crippen molar-refractivity contribution in [3.05, 3.63) is 0 Å². The van der Waals surface area contributed by atoms with E-state index in [2.05, 4.69) is 22.1 Å². The van der Waals surface area contributed by atoms with Crippen LogP contribution in [0.4, 0.5) is 0 Å². The van der Waals surface area contributed by atoms with Crippen molar-refractivity contribution in [2.24, 2.45) is 16.3 Å². The molecule has 6 heteroatoms. The molecule has 6 nitrogen and oxygen atoms in total. The molecule has 24 heavy (non-hydrogen) atoms. The second-order valence-electron chi connectivity index (χ2n) is 7.35. The summed E-state index contributed by atoms with van der Waals surface area (Å²) in [4.78, 5) is 18.5. The van der Waals surface area contributed by atoms with Gasteiger partial charge < -0.3 is 20.1 Å². The van der Waals surface area contributed by atoms with Gasteiger partial charge in [0.05, 0.1) is 18.6 Å². The summed E-state index contributed by atoms with van der Waals surface area (Å²) in [6.07, 6.45) is 5.77. The molecule has 0 bridgehead atoms. The van der Waals surface area contributed by atoms with Crippen LogP contribution in [0.3, 0.4) is 0 Å². The second kappa shape index (κ2) is 8.70. The molecule has 0 spiro atoms. The lowest BCUT2D eigenvalue weighted by Crippen LogP contribution is -2.52. The first kappa shape index (κ1) is 19.0. The molecule has 0 aromatic carbocycles. The fourth-order valence-corrected chi connectivity index (χ4v) is 3.82. The molecule has 2 rings (SSSR count). The summed E-state index contributed by atoms with van der Waals surface area (Å²) in [5, 5.41) is 13.8. The van der Waals surface area contributed by atoms with Crippen molar-refractivity contribution in [1.29, 1.82) is 0 Å². The van der Waals surface area contributed by atoms with Crippen molar-refractivity contribution in [2.45, 2.75) is 58.5 Å². The maximum atomic E-state index is 12.0. The molecule has 1 aliphatic heterocycles. The first-order valence-electron chi connectivity index (χ1n) is 9.30. The predicted molar refractivity (Wildman–Crippen MR) is 94.9 cm³/mol. The van der Waals surface area contributed by atoms with Crippen LogP contribution in [0.25, 0.3) is 0 Å². The Morgan fingerprint density at radius 2 is 2.17 bits per heavy atom. The van der Waals surface area contributed by atoms with E-state index < -0.39 is 0 Å². The molecule has 0 amide bonds. The number of aliphatic imine (C=N–C) groups is 1. The highest BCUT2D eigenvalue weighted by Gasteiger charge is 2.36. The van der Waals surface area contributed by atoms with E-state index >= 15 is 0 Å². The van der Waals surface area contributed by atoms with Crippen LogP contribution >= 0.6 is 0 Å². The third-order valence-electron chi connectivity index (χ3n) is 5.48. The normalized spacial score (nSPS) is 31.7. The van der Waals surface area contributed by atoms with E-state index in [-0.39, 0.29) is 23.4 Å². The van der Waals surface area contributed by atoms with Crippen LogP contribution in [-0.4, -0.2) is 61.3 Å². The number of nitrogens with one attached hydrogen (secondary N) is 1. The number of esters is 1. The molecule has 3 atom stereocenters. The molecule has 0 aromatic heterocycles. The molecule has 2 aliphatic rings. The molecule has 1 aliphatic carbocycles. The van der Waals surface area contributed by atoms with Crippen LogP contribution in [0, 0.1) is 11.3 Å². The maximum Gasteiger partial charge on any atom is 0.310 e. The second-order valence-corrected chi connectivity index (χ2v) is 7.35. The summed E-state index contributed by atoms with van der Waals surface area (Å²) in [6.45, 7) is 6.68. The number of ether oxygens (including phenoxy) is 1. The quantitative estimate of drug-likeness (QED) is 0.464. The van der Waals surface area contributed by atoms with Gasteiger partial charge in [-0.1, -0.05) is 19.8 Å². The van der Waals surface area contributed by atoms with Crippen LogP contribution in [0.5, 0.6) is 0 Å². The predicted octanol–water partition coefficient (Wildman–Crippen LogP) is 1.78. The Hall–Kier alpha value is -1.30. The van der Waals surface area contributed by atoms with E-state index in [9.17, 15) is 9.90 Å². The Morgan fingerprint density at radius 3 is 2.83 bits per heavy atom. The molecule has 1 saturated heterocycles. The lowest BCUT2D eigenvalue weighted by Gasteiger charge is -2.40.